The van der Waals surface area contributed by atoms with Gasteiger partial charge in [-0.25, -0.2) is 0 Å². The van der Waals surface area contributed by atoms with Crippen molar-refractivity contribution in [1.29, 1.82) is 0 Å². The Balaban J connectivity index is 1.55. The maximum absolute atomic E-state index is 6.24. The van der Waals surface area contributed by atoms with Crippen LogP contribution in [0, 0.1) is 5.41 Å². The van der Waals surface area contributed by atoms with Crippen LogP contribution in [0.15, 0.2) is 6.20 Å². The molecule has 5 heteroatoms. The van der Waals surface area contributed by atoms with Crippen LogP contribution >= 0.6 is 0 Å². The Kier molecular flexibility index (Phi) is 5.09. The van der Waals surface area contributed by atoms with Crippen LogP contribution in [0.3, 0.4) is 0 Å². The van der Waals surface area contributed by atoms with E-state index in [1.54, 1.807) is 0 Å². The van der Waals surface area contributed by atoms with Crippen LogP contribution in [-0.2, 0) is 11.3 Å². The summed E-state index contributed by atoms with van der Waals surface area (Å²) >= 11 is 0. The molecule has 0 atom stereocenters. The smallest absolute Gasteiger partial charge is 0.0697 e. The molecular formula is C18H32N4O. The summed E-state index contributed by atoms with van der Waals surface area (Å²) in [5.74, 6) is 0.584. The lowest BCUT2D eigenvalue weighted by molar-refractivity contribution is -0.0296. The molecule has 0 unspecified atom stereocenters. The summed E-state index contributed by atoms with van der Waals surface area (Å²) < 4.78 is 6.24. The summed E-state index contributed by atoms with van der Waals surface area (Å²) in [6.45, 7) is 8.45. The van der Waals surface area contributed by atoms with E-state index in [2.05, 4.69) is 40.9 Å². The Morgan fingerprint density at radius 3 is 2.74 bits per heavy atom. The molecule has 2 fully saturated rings. The molecule has 0 amide bonds. The van der Waals surface area contributed by atoms with Crippen LogP contribution in [0.2, 0.25) is 0 Å². The first kappa shape index (κ1) is 16.9. The fourth-order valence-corrected chi connectivity index (χ4v) is 4.32. The van der Waals surface area contributed by atoms with Crippen molar-refractivity contribution < 1.29 is 4.74 Å². The zero-order valence-corrected chi connectivity index (χ0v) is 14.9. The minimum absolute atomic E-state index is 0.154. The maximum Gasteiger partial charge on any atom is 0.0697 e. The van der Waals surface area contributed by atoms with Gasteiger partial charge in [-0.2, -0.15) is 5.10 Å². The normalized spacial score (nSPS) is 30.1. The van der Waals surface area contributed by atoms with E-state index in [0.717, 1.165) is 26.2 Å². The quantitative estimate of drug-likeness (QED) is 0.705. The lowest BCUT2D eigenvalue weighted by atomic mass is 9.72. The Bertz CT molecular complexity index is 503. The lowest BCUT2D eigenvalue weighted by Gasteiger charge is -2.36. The second-order valence-electron chi connectivity index (χ2n) is 8.16. The van der Waals surface area contributed by atoms with Crippen LogP contribution in [0.1, 0.15) is 63.1 Å². The summed E-state index contributed by atoms with van der Waals surface area (Å²) in [7, 11) is 1.98. The molecule has 2 aliphatic rings. The third kappa shape index (κ3) is 3.95. The van der Waals surface area contributed by atoms with Gasteiger partial charge in [-0.05, 0) is 44.6 Å². The average Bonchev–Trinajstić information content (AvgIpc) is 3.10. The van der Waals surface area contributed by atoms with E-state index in [0.29, 0.717) is 11.3 Å². The number of aromatic nitrogens is 2. The number of nitrogens with zero attached hydrogens (tertiary/aromatic N) is 1. The molecule has 3 rings (SSSR count). The molecule has 1 aliphatic heterocycles. The second kappa shape index (κ2) is 6.91. The number of rotatable bonds is 6. The van der Waals surface area contributed by atoms with E-state index >= 15 is 0 Å². The second-order valence-corrected chi connectivity index (χ2v) is 8.16. The molecule has 2 heterocycles. The number of hydrogen-bond acceptors (Lipinski definition) is 4. The summed E-state index contributed by atoms with van der Waals surface area (Å²) in [4.78, 5) is 0. The highest BCUT2D eigenvalue weighted by atomic mass is 16.5. The van der Waals surface area contributed by atoms with Crippen LogP contribution < -0.4 is 10.6 Å². The van der Waals surface area contributed by atoms with Crippen LogP contribution in [0.5, 0.6) is 0 Å². The first-order valence-electron chi connectivity index (χ1n) is 9.05. The highest BCUT2D eigenvalue weighted by molar-refractivity contribution is 5.21. The molecule has 1 saturated heterocycles. The fourth-order valence-electron chi connectivity index (χ4n) is 4.32. The Labute approximate surface area is 140 Å². The molecular weight excluding hydrogens is 288 g/mol. The van der Waals surface area contributed by atoms with E-state index in [-0.39, 0.29) is 5.60 Å². The number of ether oxygens (including phenoxy) is 1. The predicted molar refractivity (Wildman–Crippen MR) is 92.5 cm³/mol. The van der Waals surface area contributed by atoms with Gasteiger partial charge in [-0.1, -0.05) is 13.8 Å². The SMILES string of the molecule is CNCCNCc1c[nH]nc1[C@H]1CC[C@]2(CC1)CC(C)(C)CO2. The Morgan fingerprint density at radius 2 is 2.09 bits per heavy atom. The summed E-state index contributed by atoms with van der Waals surface area (Å²) in [5.41, 5.74) is 3.10. The average molecular weight is 320 g/mol. The van der Waals surface area contributed by atoms with E-state index in [4.69, 9.17) is 4.74 Å². The van der Waals surface area contributed by atoms with Crippen LogP contribution in [-0.4, -0.2) is 42.5 Å². The molecule has 1 aromatic heterocycles. The van der Waals surface area contributed by atoms with Gasteiger partial charge in [0.2, 0.25) is 0 Å². The molecule has 0 bridgehead atoms. The molecule has 0 aromatic carbocycles. The van der Waals surface area contributed by atoms with Gasteiger partial charge in [0.25, 0.3) is 0 Å². The van der Waals surface area contributed by atoms with Gasteiger partial charge in [0.05, 0.1) is 17.9 Å². The molecule has 3 N–H and O–H groups in total. The Morgan fingerprint density at radius 1 is 1.30 bits per heavy atom. The number of H-pyrrole nitrogens is 1. The van der Waals surface area contributed by atoms with Crippen molar-refractivity contribution in [2.24, 2.45) is 5.41 Å². The molecule has 130 valence electrons. The molecule has 1 aromatic rings. The van der Waals surface area contributed by atoms with E-state index < -0.39 is 0 Å². The monoisotopic (exact) mass is 320 g/mol. The van der Waals surface area contributed by atoms with E-state index in [1.165, 1.54) is 43.4 Å². The molecule has 0 radical (unpaired) electrons. The Hall–Kier alpha value is -0.910. The number of likely N-dealkylation sites (N-methyl/N-ethyl adjacent to an activating group) is 1. The molecule has 23 heavy (non-hydrogen) atoms. The minimum Gasteiger partial charge on any atom is -0.374 e. The number of nitrogens with one attached hydrogen (secondary N) is 3. The maximum atomic E-state index is 6.24. The van der Waals surface area contributed by atoms with Crippen molar-refractivity contribution in [3.05, 3.63) is 17.5 Å². The van der Waals surface area contributed by atoms with Crippen molar-refractivity contribution in [2.75, 3.05) is 26.7 Å². The van der Waals surface area contributed by atoms with Gasteiger partial charge in [0.1, 0.15) is 0 Å². The zero-order valence-electron chi connectivity index (χ0n) is 14.9. The third-order valence-electron chi connectivity index (χ3n) is 5.47. The van der Waals surface area contributed by atoms with Gasteiger partial charge in [-0.3, -0.25) is 5.10 Å². The van der Waals surface area contributed by atoms with Gasteiger partial charge in [0, 0.05) is 37.3 Å². The first-order valence-corrected chi connectivity index (χ1v) is 9.05. The van der Waals surface area contributed by atoms with Crippen molar-refractivity contribution >= 4 is 0 Å². The molecule has 5 nitrogen and oxygen atoms in total. The van der Waals surface area contributed by atoms with Crippen molar-refractivity contribution in [3.8, 4) is 0 Å². The number of aromatic amines is 1. The topological polar surface area (TPSA) is 62.0 Å². The first-order chi connectivity index (χ1) is 11.0. The third-order valence-corrected chi connectivity index (χ3v) is 5.47. The van der Waals surface area contributed by atoms with Gasteiger partial charge >= 0.3 is 0 Å². The summed E-state index contributed by atoms with van der Waals surface area (Å²) in [6.07, 6.45) is 8.03. The van der Waals surface area contributed by atoms with Crippen molar-refractivity contribution in [3.63, 3.8) is 0 Å². The molecule has 1 saturated carbocycles. The van der Waals surface area contributed by atoms with Crippen molar-refractivity contribution in [1.82, 2.24) is 20.8 Å². The fraction of sp³-hybridized carbons (Fsp3) is 0.833. The summed E-state index contributed by atoms with van der Waals surface area (Å²) in [6, 6.07) is 0. The van der Waals surface area contributed by atoms with Crippen LogP contribution in [0.25, 0.3) is 0 Å². The van der Waals surface area contributed by atoms with E-state index in [9.17, 15) is 0 Å². The molecule has 1 aliphatic carbocycles. The zero-order chi connectivity index (χ0) is 16.3. The lowest BCUT2D eigenvalue weighted by Crippen LogP contribution is -2.34. The summed E-state index contributed by atoms with van der Waals surface area (Å²) in [5, 5.41) is 14.3. The van der Waals surface area contributed by atoms with E-state index in [1.807, 2.05) is 7.05 Å². The van der Waals surface area contributed by atoms with Gasteiger partial charge < -0.3 is 15.4 Å². The van der Waals surface area contributed by atoms with Crippen LogP contribution in [0.4, 0.5) is 0 Å². The highest BCUT2D eigenvalue weighted by Crippen LogP contribution is 2.49. The predicted octanol–water partition coefficient (Wildman–Crippen LogP) is 2.56. The highest BCUT2D eigenvalue weighted by Gasteiger charge is 2.46. The largest absolute Gasteiger partial charge is 0.374 e. The standard InChI is InChI=1S/C18H32N4O/c1-17(2)12-18(23-13-17)6-4-14(5-7-18)16-15(11-21-22-16)10-20-9-8-19-3/h11,14,19-20H,4-10,12-13H2,1-3H3,(H,21,22)/t14-,18-. The number of hydrogen-bond donors (Lipinski definition) is 3. The minimum atomic E-state index is 0.154. The van der Waals surface area contributed by atoms with Gasteiger partial charge in [0.15, 0.2) is 0 Å². The van der Waals surface area contributed by atoms with Crippen molar-refractivity contribution in [2.45, 2.75) is 64.0 Å². The van der Waals surface area contributed by atoms with Gasteiger partial charge in [-0.15, -0.1) is 0 Å². The molecule has 1 spiro atoms.